The molecule has 0 saturated heterocycles. The average Bonchev–Trinajstić information content (AvgIpc) is 2.69. The molecule has 6 nitrogen and oxygen atoms in total. The van der Waals surface area contributed by atoms with Gasteiger partial charge in [-0.3, -0.25) is 15.8 Å². The van der Waals surface area contributed by atoms with Crippen molar-refractivity contribution < 1.29 is 22.7 Å². The Morgan fingerprint density at radius 2 is 1.62 bits per heavy atom. The van der Waals surface area contributed by atoms with Crippen LogP contribution in [-0.2, 0) is 6.18 Å². The Balaban J connectivity index is 1.59. The number of pyridine rings is 1. The molecular formula is C19H14ClF3N4O2. The summed E-state index contributed by atoms with van der Waals surface area (Å²) in [7, 11) is 0. The van der Waals surface area contributed by atoms with Gasteiger partial charge in [0.1, 0.15) is 11.5 Å². The van der Waals surface area contributed by atoms with Crippen LogP contribution in [0.1, 0.15) is 5.56 Å². The fraction of sp³-hybridized carbons (Fsp3) is 0.0526. The van der Waals surface area contributed by atoms with Gasteiger partial charge in [-0.2, -0.15) is 13.2 Å². The van der Waals surface area contributed by atoms with E-state index in [-0.39, 0.29) is 5.02 Å². The van der Waals surface area contributed by atoms with Gasteiger partial charge in [-0.05, 0) is 48.5 Å². The number of ether oxygens (including phenoxy) is 1. The monoisotopic (exact) mass is 422 g/mol. The molecule has 0 fully saturated rings. The van der Waals surface area contributed by atoms with E-state index in [4.69, 9.17) is 16.3 Å². The number of carbonyl (C=O) groups excluding carboxylic acids is 1. The van der Waals surface area contributed by atoms with Gasteiger partial charge in [0.25, 0.3) is 0 Å². The van der Waals surface area contributed by atoms with E-state index in [2.05, 4.69) is 21.2 Å². The van der Waals surface area contributed by atoms with Crippen LogP contribution >= 0.6 is 11.6 Å². The molecule has 0 bridgehead atoms. The first-order chi connectivity index (χ1) is 13.8. The summed E-state index contributed by atoms with van der Waals surface area (Å²) >= 11 is 5.80. The average molecular weight is 423 g/mol. The number of halogens is 4. The van der Waals surface area contributed by atoms with Crippen molar-refractivity contribution in [3.05, 3.63) is 77.6 Å². The van der Waals surface area contributed by atoms with Crippen molar-refractivity contribution in [1.82, 2.24) is 10.4 Å². The number of nitrogens with one attached hydrogen (secondary N) is 3. The van der Waals surface area contributed by atoms with Crippen molar-refractivity contribution in [1.29, 1.82) is 0 Å². The van der Waals surface area contributed by atoms with Gasteiger partial charge in [0.15, 0.2) is 0 Å². The second-order valence-electron chi connectivity index (χ2n) is 5.67. The van der Waals surface area contributed by atoms with Crippen molar-refractivity contribution in [2.24, 2.45) is 0 Å². The van der Waals surface area contributed by atoms with Crippen molar-refractivity contribution in [3.63, 3.8) is 0 Å². The van der Waals surface area contributed by atoms with Crippen molar-refractivity contribution in [2.75, 3.05) is 10.7 Å². The Morgan fingerprint density at radius 1 is 0.966 bits per heavy atom. The second-order valence-corrected chi connectivity index (χ2v) is 6.08. The number of anilines is 2. The summed E-state index contributed by atoms with van der Waals surface area (Å²) < 4.78 is 44.8. The maximum Gasteiger partial charge on any atom is 0.418 e. The normalized spacial score (nSPS) is 10.9. The van der Waals surface area contributed by atoms with Crippen LogP contribution in [0.25, 0.3) is 0 Å². The van der Waals surface area contributed by atoms with Crippen LogP contribution in [-0.4, -0.2) is 11.0 Å². The minimum atomic E-state index is -4.66. The largest absolute Gasteiger partial charge is 0.457 e. The maximum absolute atomic E-state index is 13.1. The number of rotatable bonds is 5. The van der Waals surface area contributed by atoms with E-state index in [1.54, 1.807) is 48.8 Å². The predicted octanol–water partition coefficient (Wildman–Crippen LogP) is 5.69. The minimum absolute atomic E-state index is 0.229. The number of carbonyl (C=O) groups is 1. The maximum atomic E-state index is 13.1. The van der Waals surface area contributed by atoms with Crippen molar-refractivity contribution in [2.45, 2.75) is 6.18 Å². The third-order valence-corrected chi connectivity index (χ3v) is 3.93. The zero-order valence-corrected chi connectivity index (χ0v) is 15.4. The van der Waals surface area contributed by atoms with E-state index in [1.807, 2.05) is 0 Å². The van der Waals surface area contributed by atoms with Crippen LogP contribution in [0.4, 0.5) is 29.3 Å². The molecule has 0 atom stereocenters. The molecule has 1 aromatic heterocycles. The SMILES string of the molecule is O=C(NNc1ccc(Oc2ccncc2)cc1)Nc1c(Cl)cccc1C(F)(F)F. The lowest BCUT2D eigenvalue weighted by Crippen LogP contribution is -2.34. The summed E-state index contributed by atoms with van der Waals surface area (Å²) in [6.07, 6.45) is -1.47. The number of amides is 2. The standard InChI is InChI=1S/C19H14ClF3N4O2/c20-16-3-1-2-15(19(21,22)23)17(16)25-18(28)27-26-12-4-6-13(7-5-12)29-14-8-10-24-11-9-14/h1-11,26H,(H2,25,27,28). The number of urea groups is 1. The number of benzene rings is 2. The van der Waals surface area contributed by atoms with Crippen LogP contribution in [0.5, 0.6) is 11.5 Å². The molecule has 0 spiro atoms. The fourth-order valence-corrected chi connectivity index (χ4v) is 2.53. The molecule has 29 heavy (non-hydrogen) atoms. The molecule has 0 saturated carbocycles. The van der Waals surface area contributed by atoms with Crippen LogP contribution in [0, 0.1) is 0 Å². The summed E-state index contributed by atoms with van der Waals surface area (Å²) in [4.78, 5) is 15.9. The van der Waals surface area contributed by atoms with Crippen LogP contribution in [0.15, 0.2) is 67.0 Å². The summed E-state index contributed by atoms with van der Waals surface area (Å²) in [6.45, 7) is 0. The van der Waals surface area contributed by atoms with E-state index in [9.17, 15) is 18.0 Å². The summed E-state index contributed by atoms with van der Waals surface area (Å²) in [6, 6.07) is 12.3. The Labute approximate surface area is 168 Å². The topological polar surface area (TPSA) is 75.3 Å². The number of para-hydroxylation sites is 1. The fourth-order valence-electron chi connectivity index (χ4n) is 2.31. The molecule has 1 heterocycles. The minimum Gasteiger partial charge on any atom is -0.457 e. The lowest BCUT2D eigenvalue weighted by Gasteiger charge is -2.16. The highest BCUT2D eigenvalue weighted by Crippen LogP contribution is 2.38. The van der Waals surface area contributed by atoms with Crippen molar-refractivity contribution in [3.8, 4) is 11.5 Å². The van der Waals surface area contributed by atoms with E-state index in [0.29, 0.717) is 17.2 Å². The molecule has 0 unspecified atom stereocenters. The van der Waals surface area contributed by atoms with Gasteiger partial charge in [0.05, 0.1) is 22.0 Å². The highest BCUT2D eigenvalue weighted by molar-refractivity contribution is 6.33. The Bertz CT molecular complexity index is 983. The number of aromatic nitrogens is 1. The number of hydrogen-bond acceptors (Lipinski definition) is 4. The highest BCUT2D eigenvalue weighted by Gasteiger charge is 2.34. The summed E-state index contributed by atoms with van der Waals surface area (Å²) in [5.74, 6) is 1.16. The molecule has 0 aliphatic rings. The Morgan fingerprint density at radius 3 is 2.28 bits per heavy atom. The smallest absolute Gasteiger partial charge is 0.418 e. The zero-order valence-electron chi connectivity index (χ0n) is 14.6. The molecule has 3 aromatic rings. The van der Waals surface area contributed by atoms with E-state index < -0.39 is 23.5 Å². The molecule has 150 valence electrons. The van der Waals surface area contributed by atoms with Crippen molar-refractivity contribution >= 4 is 29.0 Å². The summed E-state index contributed by atoms with van der Waals surface area (Å²) in [5, 5.41) is 1.88. The molecule has 10 heteroatoms. The highest BCUT2D eigenvalue weighted by atomic mass is 35.5. The van der Waals surface area contributed by atoms with Gasteiger partial charge in [-0.1, -0.05) is 17.7 Å². The lowest BCUT2D eigenvalue weighted by molar-refractivity contribution is -0.136. The molecule has 2 amide bonds. The van der Waals surface area contributed by atoms with Crippen LogP contribution in [0.3, 0.4) is 0 Å². The quantitative estimate of drug-likeness (QED) is 0.461. The number of alkyl halides is 3. The van der Waals surface area contributed by atoms with Gasteiger partial charge < -0.3 is 10.1 Å². The first-order valence-electron chi connectivity index (χ1n) is 8.19. The molecule has 0 aliphatic carbocycles. The molecule has 3 rings (SSSR count). The van der Waals surface area contributed by atoms with Gasteiger partial charge in [-0.15, -0.1) is 0 Å². The zero-order chi connectivity index (χ0) is 20.9. The lowest BCUT2D eigenvalue weighted by atomic mass is 10.1. The van der Waals surface area contributed by atoms with E-state index in [1.165, 1.54) is 6.07 Å². The summed E-state index contributed by atoms with van der Waals surface area (Å²) in [5.41, 5.74) is 3.74. The molecule has 0 aliphatic heterocycles. The number of hydrazine groups is 1. The molecular weight excluding hydrogens is 409 g/mol. The Hall–Kier alpha value is -3.46. The van der Waals surface area contributed by atoms with Gasteiger partial charge in [0.2, 0.25) is 0 Å². The molecule has 2 aromatic carbocycles. The van der Waals surface area contributed by atoms with Gasteiger partial charge in [0, 0.05) is 12.4 Å². The number of hydrogen-bond donors (Lipinski definition) is 3. The second kappa shape index (κ2) is 8.70. The third-order valence-electron chi connectivity index (χ3n) is 3.62. The van der Waals surface area contributed by atoms with Gasteiger partial charge >= 0.3 is 12.2 Å². The first-order valence-corrected chi connectivity index (χ1v) is 8.57. The van der Waals surface area contributed by atoms with Crippen LogP contribution in [0.2, 0.25) is 5.02 Å². The van der Waals surface area contributed by atoms with Gasteiger partial charge in [-0.25, -0.2) is 4.79 Å². The Kier molecular flexibility index (Phi) is 6.08. The van der Waals surface area contributed by atoms with E-state index >= 15 is 0 Å². The predicted molar refractivity (Wildman–Crippen MR) is 103 cm³/mol. The third kappa shape index (κ3) is 5.52. The molecule has 0 radical (unpaired) electrons. The van der Waals surface area contributed by atoms with E-state index in [0.717, 1.165) is 12.1 Å². The van der Waals surface area contributed by atoms with Crippen LogP contribution < -0.4 is 20.9 Å². The first kappa shape index (κ1) is 20.3. The molecule has 3 N–H and O–H groups in total. The number of nitrogens with zero attached hydrogens (tertiary/aromatic N) is 1.